The Labute approximate surface area is 134 Å². The van der Waals surface area contributed by atoms with E-state index in [1.165, 1.54) is 10.6 Å². The van der Waals surface area contributed by atoms with Gasteiger partial charge in [-0.3, -0.25) is 5.32 Å². The van der Waals surface area contributed by atoms with Crippen molar-refractivity contribution in [2.24, 2.45) is 0 Å². The molecular weight excluding hydrogens is 296 g/mol. The maximum atomic E-state index is 12.4. The van der Waals surface area contributed by atoms with Crippen molar-refractivity contribution >= 4 is 29.1 Å². The normalized spacial score (nSPS) is 10.3. The Morgan fingerprint density at radius 2 is 2.17 bits per heavy atom. The molecule has 122 valence electrons. The minimum absolute atomic E-state index is 0.0781. The van der Waals surface area contributed by atoms with Crippen molar-refractivity contribution in [1.29, 1.82) is 0 Å². The zero-order valence-corrected chi connectivity index (χ0v) is 13.0. The second-order valence-electron chi connectivity index (χ2n) is 4.86. The first-order chi connectivity index (χ1) is 11.2. The molecule has 1 aromatic heterocycles. The van der Waals surface area contributed by atoms with Gasteiger partial charge in [0, 0.05) is 6.54 Å². The van der Waals surface area contributed by atoms with E-state index in [0.717, 1.165) is 12.8 Å². The lowest BCUT2D eigenvalue weighted by atomic mass is 10.3. The Morgan fingerprint density at radius 1 is 1.39 bits per heavy atom. The monoisotopic (exact) mass is 316 g/mol. The van der Waals surface area contributed by atoms with Gasteiger partial charge in [-0.2, -0.15) is 0 Å². The molecule has 0 unspecified atom stereocenters. The minimum atomic E-state index is -0.692. The van der Waals surface area contributed by atoms with E-state index in [1.807, 2.05) is 13.0 Å². The number of unbranched alkanes of at least 4 members (excludes halogenated alkanes) is 1. The number of rotatable bonds is 6. The number of nitrogens with zero attached hydrogens (tertiary/aromatic N) is 2. The largest absolute Gasteiger partial charge is 0.445 e. The minimum Gasteiger partial charge on any atom is -0.445 e. The smallest absolute Gasteiger partial charge is 0.414 e. The summed E-state index contributed by atoms with van der Waals surface area (Å²) >= 11 is 0. The van der Waals surface area contributed by atoms with Crippen LogP contribution in [0.1, 0.15) is 19.8 Å². The van der Waals surface area contributed by atoms with Crippen LogP contribution in [0.2, 0.25) is 0 Å². The number of hydrogen-bond donors (Lipinski definition) is 2. The molecular formula is C16H20N4O3. The number of aromatic nitrogens is 2. The third kappa shape index (κ3) is 4.09. The molecule has 0 fully saturated rings. The predicted octanol–water partition coefficient (Wildman–Crippen LogP) is 3.13. The number of carbonyl (C=O) groups excluding carboxylic acids is 2. The Kier molecular flexibility index (Phi) is 5.74. The highest BCUT2D eigenvalue weighted by Crippen LogP contribution is 2.19. The zero-order valence-electron chi connectivity index (χ0n) is 13.0. The van der Waals surface area contributed by atoms with Crippen molar-refractivity contribution in [3.05, 3.63) is 36.9 Å². The summed E-state index contributed by atoms with van der Waals surface area (Å²) < 4.78 is 6.20. The van der Waals surface area contributed by atoms with Gasteiger partial charge in [-0.05, 0) is 18.6 Å². The first-order valence-corrected chi connectivity index (χ1v) is 7.47. The summed E-state index contributed by atoms with van der Waals surface area (Å²) in [5.41, 5.74) is 1.22. The van der Waals surface area contributed by atoms with E-state index >= 15 is 0 Å². The third-order valence-corrected chi connectivity index (χ3v) is 3.12. The lowest BCUT2D eigenvalue weighted by Crippen LogP contribution is -2.31. The molecule has 1 heterocycles. The van der Waals surface area contributed by atoms with Crippen molar-refractivity contribution in [3.8, 4) is 0 Å². The van der Waals surface area contributed by atoms with Crippen LogP contribution in [-0.4, -0.2) is 34.8 Å². The molecule has 23 heavy (non-hydrogen) atoms. The summed E-state index contributed by atoms with van der Waals surface area (Å²) in [6.45, 7) is 6.15. The fraction of sp³-hybridized carbons (Fsp3) is 0.312. The Hall–Kier alpha value is -2.83. The molecule has 1 aromatic carbocycles. The van der Waals surface area contributed by atoms with Gasteiger partial charge < -0.3 is 10.1 Å². The SMILES string of the molecule is C=CCOC(=O)Nc1nc2ccccc2n1C(=O)NCCCC. The number of para-hydroxylation sites is 2. The van der Waals surface area contributed by atoms with Crippen LogP contribution in [0.15, 0.2) is 36.9 Å². The molecule has 0 aliphatic rings. The summed E-state index contributed by atoms with van der Waals surface area (Å²) in [4.78, 5) is 28.4. The van der Waals surface area contributed by atoms with Crippen LogP contribution < -0.4 is 10.6 Å². The standard InChI is InChI=1S/C16H20N4O3/c1-3-5-10-17-15(21)20-13-9-7-6-8-12(13)18-14(20)19-16(22)23-11-4-2/h4,6-9H,2-3,5,10-11H2,1H3,(H,17,21)(H,18,19,22). The van der Waals surface area contributed by atoms with E-state index in [0.29, 0.717) is 17.6 Å². The molecule has 0 spiro atoms. The second-order valence-corrected chi connectivity index (χ2v) is 4.86. The molecule has 0 atom stereocenters. The van der Waals surface area contributed by atoms with Gasteiger partial charge in [0.25, 0.3) is 0 Å². The number of carbonyl (C=O) groups is 2. The maximum Gasteiger partial charge on any atom is 0.414 e. The summed E-state index contributed by atoms with van der Waals surface area (Å²) in [5, 5.41) is 5.30. The number of amides is 2. The van der Waals surface area contributed by atoms with E-state index < -0.39 is 6.09 Å². The van der Waals surface area contributed by atoms with E-state index in [4.69, 9.17) is 4.74 Å². The Balaban J connectivity index is 2.27. The summed E-state index contributed by atoms with van der Waals surface area (Å²) in [6.07, 6.45) is 2.62. The van der Waals surface area contributed by atoms with Crippen molar-refractivity contribution in [1.82, 2.24) is 14.9 Å². The maximum absolute atomic E-state index is 12.4. The topological polar surface area (TPSA) is 85.2 Å². The van der Waals surface area contributed by atoms with Gasteiger partial charge in [0.05, 0.1) is 11.0 Å². The summed E-state index contributed by atoms with van der Waals surface area (Å²) in [5.74, 6) is 0.120. The van der Waals surface area contributed by atoms with Crippen LogP contribution in [0.25, 0.3) is 11.0 Å². The molecule has 0 saturated heterocycles. The van der Waals surface area contributed by atoms with Crippen LogP contribution in [0.5, 0.6) is 0 Å². The van der Waals surface area contributed by atoms with Crippen molar-refractivity contribution < 1.29 is 14.3 Å². The Morgan fingerprint density at radius 3 is 2.91 bits per heavy atom. The van der Waals surface area contributed by atoms with Crippen molar-refractivity contribution in [2.45, 2.75) is 19.8 Å². The summed E-state index contributed by atoms with van der Waals surface area (Å²) in [7, 11) is 0. The molecule has 0 radical (unpaired) electrons. The average Bonchev–Trinajstić information content (AvgIpc) is 2.90. The van der Waals surface area contributed by atoms with Crippen LogP contribution in [0.4, 0.5) is 15.5 Å². The molecule has 2 rings (SSSR count). The second kappa shape index (κ2) is 7.98. The van der Waals surface area contributed by atoms with Gasteiger partial charge in [0.15, 0.2) is 0 Å². The summed E-state index contributed by atoms with van der Waals surface area (Å²) in [6, 6.07) is 6.81. The quantitative estimate of drug-likeness (QED) is 0.633. The molecule has 2 N–H and O–H groups in total. The van der Waals surface area contributed by atoms with Gasteiger partial charge in [0.2, 0.25) is 5.95 Å². The molecule has 0 aliphatic heterocycles. The molecule has 7 heteroatoms. The van der Waals surface area contributed by atoms with E-state index in [1.54, 1.807) is 18.2 Å². The number of ether oxygens (including phenoxy) is 1. The van der Waals surface area contributed by atoms with Gasteiger partial charge in [-0.15, -0.1) is 0 Å². The third-order valence-electron chi connectivity index (χ3n) is 3.12. The molecule has 0 bridgehead atoms. The van der Waals surface area contributed by atoms with Gasteiger partial charge >= 0.3 is 12.1 Å². The average molecular weight is 316 g/mol. The fourth-order valence-electron chi connectivity index (χ4n) is 2.03. The zero-order chi connectivity index (χ0) is 16.7. The van der Waals surface area contributed by atoms with Crippen molar-refractivity contribution in [2.75, 3.05) is 18.5 Å². The van der Waals surface area contributed by atoms with E-state index in [9.17, 15) is 9.59 Å². The molecule has 2 aromatic rings. The number of fused-ring (bicyclic) bond motifs is 1. The lowest BCUT2D eigenvalue weighted by Gasteiger charge is -2.10. The molecule has 7 nitrogen and oxygen atoms in total. The highest BCUT2D eigenvalue weighted by atomic mass is 16.5. The molecule has 0 aliphatic carbocycles. The molecule has 0 saturated carbocycles. The Bertz CT molecular complexity index is 708. The lowest BCUT2D eigenvalue weighted by molar-refractivity contribution is 0.174. The highest BCUT2D eigenvalue weighted by molar-refractivity contribution is 5.96. The first-order valence-electron chi connectivity index (χ1n) is 7.47. The first kappa shape index (κ1) is 16.5. The van der Waals surface area contributed by atoms with Crippen molar-refractivity contribution in [3.63, 3.8) is 0 Å². The molecule has 2 amide bonds. The predicted molar refractivity (Wildman–Crippen MR) is 88.6 cm³/mol. The van der Waals surface area contributed by atoms with Crippen LogP contribution in [0.3, 0.4) is 0 Å². The van der Waals surface area contributed by atoms with Crippen LogP contribution >= 0.6 is 0 Å². The number of nitrogens with one attached hydrogen (secondary N) is 2. The number of imidazole rings is 1. The van der Waals surface area contributed by atoms with Crippen LogP contribution in [-0.2, 0) is 4.74 Å². The highest BCUT2D eigenvalue weighted by Gasteiger charge is 2.18. The van der Waals surface area contributed by atoms with E-state index in [2.05, 4.69) is 22.2 Å². The fourth-order valence-corrected chi connectivity index (χ4v) is 2.03. The number of anilines is 1. The van der Waals surface area contributed by atoms with Gasteiger partial charge in [0.1, 0.15) is 6.61 Å². The number of hydrogen-bond acceptors (Lipinski definition) is 4. The van der Waals surface area contributed by atoms with Gasteiger partial charge in [-0.1, -0.05) is 38.1 Å². The number of benzene rings is 1. The van der Waals surface area contributed by atoms with Gasteiger partial charge in [-0.25, -0.2) is 19.1 Å². The van der Waals surface area contributed by atoms with Crippen LogP contribution in [0, 0.1) is 0 Å². The van der Waals surface area contributed by atoms with E-state index in [-0.39, 0.29) is 18.6 Å².